The van der Waals surface area contributed by atoms with Gasteiger partial charge in [0.1, 0.15) is 6.54 Å². The predicted octanol–water partition coefficient (Wildman–Crippen LogP) is 0.654. The van der Waals surface area contributed by atoms with Gasteiger partial charge in [-0.05, 0) is 17.5 Å². The van der Waals surface area contributed by atoms with Crippen LogP contribution in [0.5, 0.6) is 0 Å². The number of benzene rings is 1. The fraction of sp³-hybridized carbons (Fsp3) is 0.214. The minimum absolute atomic E-state index is 0.0622. The van der Waals surface area contributed by atoms with Crippen LogP contribution < -0.4 is 10.9 Å². The number of hydrazine groups is 1. The number of amides is 2. The van der Waals surface area contributed by atoms with E-state index in [1.807, 2.05) is 30.3 Å². The number of hydrogen-bond donors (Lipinski definition) is 3. The second-order valence-electron chi connectivity index (χ2n) is 4.49. The highest BCUT2D eigenvalue weighted by Gasteiger charge is 2.08. The number of aliphatic carboxylic acids is 1. The summed E-state index contributed by atoms with van der Waals surface area (Å²) in [5, 5.41) is 9.46. The Morgan fingerprint density at radius 3 is 2.48 bits per heavy atom. The predicted molar refractivity (Wildman–Crippen MR) is 75.1 cm³/mol. The van der Waals surface area contributed by atoms with Crippen molar-refractivity contribution >= 4 is 28.7 Å². The van der Waals surface area contributed by atoms with Crippen LogP contribution in [0.1, 0.15) is 12.8 Å². The van der Waals surface area contributed by atoms with Crippen molar-refractivity contribution in [3.8, 4) is 0 Å². The molecule has 0 radical (unpaired) electrons. The standard InChI is InChI=1S/C14H15N3O4/c18-12(5-6-14(20)21)15-16-13(19)9-17-8-7-10-3-1-2-4-11(10)17/h1-4,7-8H,5-6,9H2,(H,15,18)(H,16,19)(H,20,21). The van der Waals surface area contributed by atoms with Crippen LogP contribution >= 0.6 is 0 Å². The first-order chi connectivity index (χ1) is 10.1. The average Bonchev–Trinajstić information content (AvgIpc) is 2.86. The Bertz CT molecular complexity index is 678. The summed E-state index contributed by atoms with van der Waals surface area (Å²) in [5.74, 6) is -1.99. The minimum atomic E-state index is -1.06. The highest BCUT2D eigenvalue weighted by atomic mass is 16.4. The SMILES string of the molecule is O=C(O)CCC(=O)NNC(=O)Cn1ccc2ccccc21. The fourth-order valence-corrected chi connectivity index (χ4v) is 1.90. The number of carbonyl (C=O) groups is 3. The molecule has 0 fully saturated rings. The maximum Gasteiger partial charge on any atom is 0.303 e. The Balaban J connectivity index is 1.85. The lowest BCUT2D eigenvalue weighted by atomic mass is 10.2. The maximum atomic E-state index is 11.7. The monoisotopic (exact) mass is 289 g/mol. The van der Waals surface area contributed by atoms with E-state index in [2.05, 4.69) is 10.9 Å². The first-order valence-corrected chi connectivity index (χ1v) is 6.39. The average molecular weight is 289 g/mol. The van der Waals surface area contributed by atoms with Gasteiger partial charge in [-0.1, -0.05) is 18.2 Å². The largest absolute Gasteiger partial charge is 0.481 e. The third-order valence-corrected chi connectivity index (χ3v) is 2.90. The highest BCUT2D eigenvalue weighted by molar-refractivity contribution is 5.85. The van der Waals surface area contributed by atoms with Crippen molar-refractivity contribution in [2.24, 2.45) is 0 Å². The molecule has 0 aliphatic carbocycles. The van der Waals surface area contributed by atoms with Crippen molar-refractivity contribution in [2.75, 3.05) is 0 Å². The number of fused-ring (bicyclic) bond motifs is 1. The van der Waals surface area contributed by atoms with E-state index in [0.29, 0.717) is 0 Å². The molecule has 3 N–H and O–H groups in total. The molecule has 21 heavy (non-hydrogen) atoms. The van der Waals surface area contributed by atoms with Gasteiger partial charge in [0.25, 0.3) is 5.91 Å². The van der Waals surface area contributed by atoms with Crippen molar-refractivity contribution in [1.82, 2.24) is 15.4 Å². The first-order valence-electron chi connectivity index (χ1n) is 6.39. The number of hydrogen-bond acceptors (Lipinski definition) is 3. The zero-order chi connectivity index (χ0) is 15.2. The Hall–Kier alpha value is -2.83. The van der Waals surface area contributed by atoms with Gasteiger partial charge in [0, 0.05) is 18.1 Å². The third-order valence-electron chi connectivity index (χ3n) is 2.90. The van der Waals surface area contributed by atoms with Gasteiger partial charge in [0.15, 0.2) is 0 Å². The molecule has 0 atom stereocenters. The molecule has 1 heterocycles. The second kappa shape index (κ2) is 6.56. The molecule has 0 unspecified atom stereocenters. The topological polar surface area (TPSA) is 100 Å². The van der Waals surface area contributed by atoms with Crippen LogP contribution in [0.15, 0.2) is 36.5 Å². The van der Waals surface area contributed by atoms with Gasteiger partial charge in [-0.3, -0.25) is 25.2 Å². The zero-order valence-electron chi connectivity index (χ0n) is 11.2. The molecule has 2 aromatic rings. The second-order valence-corrected chi connectivity index (χ2v) is 4.49. The Labute approximate surface area is 120 Å². The molecule has 0 saturated heterocycles. The summed E-state index contributed by atoms with van der Waals surface area (Å²) in [4.78, 5) is 33.3. The summed E-state index contributed by atoms with van der Waals surface area (Å²) in [6, 6.07) is 9.53. The van der Waals surface area contributed by atoms with Crippen LogP contribution in [-0.4, -0.2) is 27.5 Å². The maximum absolute atomic E-state index is 11.7. The van der Waals surface area contributed by atoms with Gasteiger partial charge in [0.05, 0.1) is 6.42 Å². The molecular weight excluding hydrogens is 274 g/mol. The van der Waals surface area contributed by atoms with E-state index in [-0.39, 0.29) is 25.3 Å². The molecule has 0 aliphatic rings. The van der Waals surface area contributed by atoms with Gasteiger partial charge < -0.3 is 9.67 Å². The van der Waals surface area contributed by atoms with Crippen LogP contribution in [0.2, 0.25) is 0 Å². The number of carbonyl (C=O) groups excluding carboxylic acids is 2. The molecule has 1 aromatic carbocycles. The van der Waals surface area contributed by atoms with E-state index < -0.39 is 11.9 Å². The van der Waals surface area contributed by atoms with E-state index >= 15 is 0 Å². The number of nitrogens with one attached hydrogen (secondary N) is 2. The van der Waals surface area contributed by atoms with E-state index in [1.54, 1.807) is 10.8 Å². The van der Waals surface area contributed by atoms with Crippen LogP contribution in [0.4, 0.5) is 0 Å². The molecule has 0 aliphatic heterocycles. The van der Waals surface area contributed by atoms with Crippen molar-refractivity contribution in [2.45, 2.75) is 19.4 Å². The summed E-state index contributed by atoms with van der Waals surface area (Å²) < 4.78 is 1.76. The van der Waals surface area contributed by atoms with Crippen molar-refractivity contribution in [1.29, 1.82) is 0 Å². The molecule has 7 heteroatoms. The normalized spacial score (nSPS) is 10.3. The van der Waals surface area contributed by atoms with Gasteiger partial charge >= 0.3 is 5.97 Å². The lowest BCUT2D eigenvalue weighted by Gasteiger charge is -2.08. The van der Waals surface area contributed by atoms with E-state index in [0.717, 1.165) is 10.9 Å². The van der Waals surface area contributed by atoms with Crippen LogP contribution in [0, 0.1) is 0 Å². The van der Waals surface area contributed by atoms with Crippen molar-refractivity contribution in [3.05, 3.63) is 36.5 Å². The number of nitrogens with zero attached hydrogens (tertiary/aromatic N) is 1. The third kappa shape index (κ3) is 4.07. The molecule has 2 amide bonds. The van der Waals surface area contributed by atoms with E-state index in [4.69, 9.17) is 5.11 Å². The van der Waals surface area contributed by atoms with Gasteiger partial charge in [0.2, 0.25) is 5.91 Å². The molecule has 2 rings (SSSR count). The number of para-hydroxylation sites is 1. The van der Waals surface area contributed by atoms with Gasteiger partial charge in [-0.15, -0.1) is 0 Å². The smallest absolute Gasteiger partial charge is 0.303 e. The van der Waals surface area contributed by atoms with Crippen LogP contribution in [-0.2, 0) is 20.9 Å². The number of carboxylic acid groups (broad SMARTS) is 1. The molecule has 0 saturated carbocycles. The highest BCUT2D eigenvalue weighted by Crippen LogP contribution is 2.14. The molecule has 7 nitrogen and oxygen atoms in total. The van der Waals surface area contributed by atoms with Crippen molar-refractivity contribution < 1.29 is 19.5 Å². The quantitative estimate of drug-likeness (QED) is 0.704. The number of rotatable bonds is 5. The molecule has 0 bridgehead atoms. The summed E-state index contributed by atoms with van der Waals surface area (Å²) in [6.45, 7) is 0.0622. The van der Waals surface area contributed by atoms with Crippen LogP contribution in [0.3, 0.4) is 0 Å². The lowest BCUT2D eigenvalue weighted by Crippen LogP contribution is -2.43. The van der Waals surface area contributed by atoms with Crippen LogP contribution in [0.25, 0.3) is 10.9 Å². The molecule has 1 aromatic heterocycles. The van der Waals surface area contributed by atoms with E-state index in [9.17, 15) is 14.4 Å². The lowest BCUT2D eigenvalue weighted by molar-refractivity contribution is -0.139. The molecule has 0 spiro atoms. The Morgan fingerprint density at radius 2 is 1.71 bits per heavy atom. The van der Waals surface area contributed by atoms with E-state index in [1.165, 1.54) is 0 Å². The Kier molecular flexibility index (Phi) is 4.55. The summed E-state index contributed by atoms with van der Waals surface area (Å²) in [7, 11) is 0. The summed E-state index contributed by atoms with van der Waals surface area (Å²) in [5.41, 5.74) is 5.36. The molecular formula is C14H15N3O4. The minimum Gasteiger partial charge on any atom is -0.481 e. The van der Waals surface area contributed by atoms with Gasteiger partial charge in [-0.2, -0.15) is 0 Å². The number of aromatic nitrogens is 1. The number of carboxylic acids is 1. The molecule has 110 valence electrons. The Morgan fingerprint density at radius 1 is 1.00 bits per heavy atom. The van der Waals surface area contributed by atoms with Crippen molar-refractivity contribution in [3.63, 3.8) is 0 Å². The van der Waals surface area contributed by atoms with Gasteiger partial charge in [-0.25, -0.2) is 0 Å². The summed E-state index contributed by atoms with van der Waals surface area (Å²) >= 11 is 0. The zero-order valence-corrected chi connectivity index (χ0v) is 11.2. The first kappa shape index (κ1) is 14.6. The fourth-order valence-electron chi connectivity index (χ4n) is 1.90. The summed E-state index contributed by atoms with van der Waals surface area (Å²) in [6.07, 6.45) is 1.34.